The van der Waals surface area contributed by atoms with Crippen LogP contribution in [0, 0.1) is 0 Å². The summed E-state index contributed by atoms with van der Waals surface area (Å²) in [6, 6.07) is 12.0. The van der Waals surface area contributed by atoms with E-state index in [0.717, 1.165) is 12.8 Å². The monoisotopic (exact) mass is 367 g/mol. The smallest absolute Gasteiger partial charge is 0.264 e. The number of nitrogens with zero attached hydrogens (tertiary/aromatic N) is 1. The highest BCUT2D eigenvalue weighted by Crippen LogP contribution is 2.43. The van der Waals surface area contributed by atoms with E-state index in [1.54, 1.807) is 35.2 Å². The van der Waals surface area contributed by atoms with Gasteiger partial charge in [0.1, 0.15) is 0 Å². The Morgan fingerprint density at radius 2 is 1.96 bits per heavy atom. The van der Waals surface area contributed by atoms with E-state index in [1.807, 2.05) is 19.1 Å². The van der Waals surface area contributed by atoms with E-state index in [4.69, 9.17) is 9.47 Å². The molecule has 27 heavy (non-hydrogen) atoms. The van der Waals surface area contributed by atoms with Crippen molar-refractivity contribution in [2.24, 2.45) is 0 Å². The Kier molecular flexibility index (Phi) is 4.36. The Morgan fingerprint density at radius 1 is 1.19 bits per heavy atom. The van der Waals surface area contributed by atoms with Crippen LogP contribution in [0.15, 0.2) is 42.5 Å². The van der Waals surface area contributed by atoms with Crippen molar-refractivity contribution in [1.29, 1.82) is 0 Å². The molecule has 6 nitrogen and oxygen atoms in total. The number of carbonyl (C=O) groups is 2. The summed E-state index contributed by atoms with van der Waals surface area (Å²) < 4.78 is 10.6. The lowest BCUT2D eigenvalue weighted by atomic mass is 9.88. The van der Waals surface area contributed by atoms with Crippen LogP contribution in [-0.2, 0) is 10.4 Å². The first-order valence-corrected chi connectivity index (χ1v) is 9.11. The highest BCUT2D eigenvalue weighted by molar-refractivity contribution is 6.10. The quantitative estimate of drug-likeness (QED) is 0.795. The van der Waals surface area contributed by atoms with Gasteiger partial charge in [0.05, 0.1) is 12.1 Å². The number of ether oxygens (including phenoxy) is 2. The number of para-hydroxylation sites is 1. The first-order chi connectivity index (χ1) is 13.0. The van der Waals surface area contributed by atoms with Crippen LogP contribution >= 0.6 is 0 Å². The molecule has 4 rings (SSSR count). The molecular formula is C21H21NO5. The molecule has 1 N–H and O–H groups in total. The molecule has 0 spiro atoms. The minimum Gasteiger partial charge on any atom is -0.454 e. The second-order valence-electron chi connectivity index (χ2n) is 6.86. The maximum absolute atomic E-state index is 13.0. The summed E-state index contributed by atoms with van der Waals surface area (Å²) in [7, 11) is 0. The number of amides is 1. The highest BCUT2D eigenvalue weighted by atomic mass is 16.7. The third kappa shape index (κ3) is 2.86. The molecule has 0 aromatic heterocycles. The first kappa shape index (κ1) is 17.5. The number of rotatable bonds is 6. The van der Waals surface area contributed by atoms with Crippen molar-refractivity contribution < 1.29 is 24.2 Å². The third-order valence-electron chi connectivity index (χ3n) is 5.09. The van der Waals surface area contributed by atoms with E-state index in [2.05, 4.69) is 0 Å². The van der Waals surface area contributed by atoms with Crippen LogP contribution in [0.1, 0.15) is 42.1 Å². The van der Waals surface area contributed by atoms with E-state index in [-0.39, 0.29) is 19.0 Å². The summed E-state index contributed by atoms with van der Waals surface area (Å²) in [5.41, 5.74) is -0.306. The number of fused-ring (bicyclic) bond motifs is 2. The van der Waals surface area contributed by atoms with Crippen molar-refractivity contribution in [3.8, 4) is 11.5 Å². The van der Waals surface area contributed by atoms with E-state index >= 15 is 0 Å². The summed E-state index contributed by atoms with van der Waals surface area (Å²) in [4.78, 5) is 27.5. The number of benzene rings is 2. The molecule has 2 aromatic carbocycles. The lowest BCUT2D eigenvalue weighted by Crippen LogP contribution is -2.42. The second kappa shape index (κ2) is 6.70. The third-order valence-corrected chi connectivity index (χ3v) is 5.09. The van der Waals surface area contributed by atoms with Gasteiger partial charge < -0.3 is 19.5 Å². The summed E-state index contributed by atoms with van der Waals surface area (Å²) in [6.45, 7) is 2.68. The topological polar surface area (TPSA) is 76.1 Å². The number of carbonyl (C=O) groups excluding carboxylic acids is 2. The molecule has 2 aliphatic heterocycles. The van der Waals surface area contributed by atoms with Gasteiger partial charge in [-0.15, -0.1) is 0 Å². The van der Waals surface area contributed by atoms with Gasteiger partial charge in [0.15, 0.2) is 22.9 Å². The van der Waals surface area contributed by atoms with Crippen LogP contribution in [0.25, 0.3) is 0 Å². The van der Waals surface area contributed by atoms with Crippen molar-refractivity contribution in [2.45, 2.75) is 31.8 Å². The lowest BCUT2D eigenvalue weighted by molar-refractivity contribution is -0.135. The predicted octanol–water partition coefficient (Wildman–Crippen LogP) is 3.02. The zero-order valence-electron chi connectivity index (χ0n) is 15.1. The van der Waals surface area contributed by atoms with Gasteiger partial charge in [-0.05, 0) is 30.7 Å². The van der Waals surface area contributed by atoms with Gasteiger partial charge in [-0.3, -0.25) is 9.59 Å². The van der Waals surface area contributed by atoms with Crippen LogP contribution < -0.4 is 14.4 Å². The molecule has 2 aliphatic rings. The van der Waals surface area contributed by atoms with E-state index in [1.165, 1.54) is 0 Å². The van der Waals surface area contributed by atoms with E-state index < -0.39 is 11.5 Å². The molecule has 0 fully saturated rings. The number of hydrogen-bond donors (Lipinski definition) is 1. The Hall–Kier alpha value is -2.86. The molecule has 0 unspecified atom stereocenters. The molecule has 6 heteroatoms. The summed E-state index contributed by atoms with van der Waals surface area (Å²) in [5.74, 6) is 0.316. The largest absolute Gasteiger partial charge is 0.454 e. The number of unbranched alkanes of at least 4 members (excludes halogenated alkanes) is 1. The molecule has 2 heterocycles. The highest BCUT2D eigenvalue weighted by Gasteiger charge is 2.50. The normalized spacial score (nSPS) is 20.1. The fraction of sp³-hybridized carbons (Fsp3) is 0.333. The molecule has 0 radical (unpaired) electrons. The molecule has 0 aliphatic carbocycles. The maximum atomic E-state index is 13.0. The molecule has 0 saturated heterocycles. The fourth-order valence-electron chi connectivity index (χ4n) is 3.62. The van der Waals surface area contributed by atoms with Gasteiger partial charge >= 0.3 is 0 Å². The predicted molar refractivity (Wildman–Crippen MR) is 99.1 cm³/mol. The molecule has 0 saturated carbocycles. The number of anilines is 1. The Bertz CT molecular complexity index is 909. The van der Waals surface area contributed by atoms with Crippen LogP contribution in [-0.4, -0.2) is 30.1 Å². The lowest BCUT2D eigenvalue weighted by Gasteiger charge is -2.22. The van der Waals surface area contributed by atoms with E-state index in [0.29, 0.717) is 34.9 Å². The van der Waals surface area contributed by atoms with Crippen molar-refractivity contribution in [3.63, 3.8) is 0 Å². The molecule has 1 amide bonds. The number of aliphatic hydroxyl groups is 1. The maximum Gasteiger partial charge on any atom is 0.264 e. The average molecular weight is 367 g/mol. The average Bonchev–Trinajstić information content (AvgIpc) is 3.22. The standard InChI is InChI=1S/C21H21NO5/c1-2-3-10-22-16-7-5-4-6-15(16)21(25,20(22)24)12-17(23)14-8-9-18-19(11-14)27-13-26-18/h4-9,11,25H,2-3,10,12-13H2,1H3/t21-/m0/s1. The molecule has 0 bridgehead atoms. The first-order valence-electron chi connectivity index (χ1n) is 9.11. The summed E-state index contributed by atoms with van der Waals surface area (Å²) in [5, 5.41) is 11.2. The van der Waals surface area contributed by atoms with Crippen LogP contribution in [0.2, 0.25) is 0 Å². The molecule has 140 valence electrons. The van der Waals surface area contributed by atoms with Crippen LogP contribution in [0.3, 0.4) is 0 Å². The Balaban J connectivity index is 1.64. The van der Waals surface area contributed by atoms with Gasteiger partial charge in [0.2, 0.25) is 6.79 Å². The fourth-order valence-corrected chi connectivity index (χ4v) is 3.62. The molecule has 1 atom stereocenters. The summed E-state index contributed by atoms with van der Waals surface area (Å²) in [6.07, 6.45) is 1.44. The van der Waals surface area contributed by atoms with E-state index in [9.17, 15) is 14.7 Å². The Labute approximate surface area is 157 Å². The zero-order valence-corrected chi connectivity index (χ0v) is 15.1. The second-order valence-corrected chi connectivity index (χ2v) is 6.86. The van der Waals surface area contributed by atoms with Gasteiger partial charge in [0.25, 0.3) is 5.91 Å². The van der Waals surface area contributed by atoms with Gasteiger partial charge in [-0.1, -0.05) is 31.5 Å². The van der Waals surface area contributed by atoms with Crippen LogP contribution in [0.4, 0.5) is 5.69 Å². The van der Waals surface area contributed by atoms with Gasteiger partial charge in [0, 0.05) is 17.7 Å². The minimum atomic E-state index is -1.85. The van der Waals surface area contributed by atoms with Crippen molar-refractivity contribution in [2.75, 3.05) is 18.2 Å². The minimum absolute atomic E-state index is 0.120. The Morgan fingerprint density at radius 3 is 2.78 bits per heavy atom. The van der Waals surface area contributed by atoms with Gasteiger partial charge in [-0.25, -0.2) is 0 Å². The van der Waals surface area contributed by atoms with Crippen molar-refractivity contribution in [1.82, 2.24) is 0 Å². The SMILES string of the molecule is CCCCN1C(=O)[C@](O)(CC(=O)c2ccc3c(c2)OCO3)c2ccccc21. The van der Waals surface area contributed by atoms with Crippen molar-refractivity contribution in [3.05, 3.63) is 53.6 Å². The van der Waals surface area contributed by atoms with Crippen molar-refractivity contribution >= 4 is 17.4 Å². The zero-order chi connectivity index (χ0) is 19.0. The van der Waals surface area contributed by atoms with Crippen LogP contribution in [0.5, 0.6) is 11.5 Å². The summed E-state index contributed by atoms with van der Waals surface area (Å²) >= 11 is 0. The number of Topliss-reactive ketones (excluding diaryl/α,β-unsaturated/α-hetero) is 1. The number of ketones is 1. The van der Waals surface area contributed by atoms with Gasteiger partial charge in [-0.2, -0.15) is 0 Å². The number of hydrogen-bond acceptors (Lipinski definition) is 5. The molecule has 2 aromatic rings. The molecular weight excluding hydrogens is 346 g/mol.